The van der Waals surface area contributed by atoms with E-state index in [2.05, 4.69) is 16.9 Å². The summed E-state index contributed by atoms with van der Waals surface area (Å²) < 4.78 is 1.74. The van der Waals surface area contributed by atoms with Crippen LogP contribution >= 0.6 is 0 Å². The van der Waals surface area contributed by atoms with Crippen LogP contribution in [0.5, 0.6) is 0 Å². The van der Waals surface area contributed by atoms with Gasteiger partial charge in [0.25, 0.3) is 0 Å². The molecular weight excluding hydrogens is 226 g/mol. The number of hydrogen-bond acceptors (Lipinski definition) is 4. The molecule has 0 aromatic carbocycles. The molecule has 2 aromatic rings. The standard InChI is InChI=1S/C13H19N5/c1-2-5-10-9-15-18-11(14)8-12(16-13(10)18)17-6-3-4-7-17/h8-9H,2-7,14H2,1H3. The van der Waals surface area contributed by atoms with Crippen LogP contribution in [0.25, 0.3) is 5.65 Å². The Hall–Kier alpha value is -1.78. The third kappa shape index (κ3) is 1.79. The van der Waals surface area contributed by atoms with Gasteiger partial charge in [0.2, 0.25) is 0 Å². The number of nitrogen functional groups attached to an aromatic ring is 1. The van der Waals surface area contributed by atoms with Gasteiger partial charge in [-0.2, -0.15) is 9.61 Å². The Kier molecular flexibility index (Phi) is 2.81. The summed E-state index contributed by atoms with van der Waals surface area (Å²) in [5, 5.41) is 4.32. The number of hydrogen-bond donors (Lipinski definition) is 1. The van der Waals surface area contributed by atoms with Crippen LogP contribution in [0, 0.1) is 0 Å². The summed E-state index contributed by atoms with van der Waals surface area (Å²) in [6.07, 6.45) is 6.47. The van der Waals surface area contributed by atoms with Crippen molar-refractivity contribution in [1.29, 1.82) is 0 Å². The molecule has 3 heterocycles. The highest BCUT2D eigenvalue weighted by Gasteiger charge is 2.16. The minimum Gasteiger partial charge on any atom is -0.383 e. The smallest absolute Gasteiger partial charge is 0.162 e. The van der Waals surface area contributed by atoms with Crippen LogP contribution < -0.4 is 10.6 Å². The summed E-state index contributed by atoms with van der Waals surface area (Å²) in [5.41, 5.74) is 8.17. The summed E-state index contributed by atoms with van der Waals surface area (Å²) in [7, 11) is 0. The fraction of sp³-hybridized carbons (Fsp3) is 0.538. The first-order valence-electron chi connectivity index (χ1n) is 6.67. The molecule has 0 amide bonds. The van der Waals surface area contributed by atoms with E-state index >= 15 is 0 Å². The summed E-state index contributed by atoms with van der Waals surface area (Å²) in [4.78, 5) is 7.05. The van der Waals surface area contributed by atoms with Crippen molar-refractivity contribution in [3.05, 3.63) is 17.8 Å². The molecule has 0 aliphatic carbocycles. The van der Waals surface area contributed by atoms with Crippen molar-refractivity contribution >= 4 is 17.3 Å². The molecule has 0 saturated carbocycles. The molecule has 3 rings (SSSR count). The first kappa shape index (κ1) is 11.3. The van der Waals surface area contributed by atoms with Crippen molar-refractivity contribution in [2.24, 2.45) is 0 Å². The van der Waals surface area contributed by atoms with Gasteiger partial charge in [0, 0.05) is 24.7 Å². The number of nitrogens with two attached hydrogens (primary N) is 1. The van der Waals surface area contributed by atoms with Gasteiger partial charge in [-0.1, -0.05) is 13.3 Å². The molecule has 1 fully saturated rings. The zero-order valence-electron chi connectivity index (χ0n) is 10.8. The molecule has 5 nitrogen and oxygen atoms in total. The zero-order valence-corrected chi connectivity index (χ0v) is 10.8. The van der Waals surface area contributed by atoms with E-state index in [9.17, 15) is 0 Å². The molecule has 0 bridgehead atoms. The first-order chi connectivity index (χ1) is 8.79. The Morgan fingerprint density at radius 2 is 2.11 bits per heavy atom. The van der Waals surface area contributed by atoms with Crippen LogP contribution in [0.4, 0.5) is 11.6 Å². The van der Waals surface area contributed by atoms with Gasteiger partial charge in [-0.15, -0.1) is 0 Å². The Balaban J connectivity index is 2.08. The summed E-state index contributed by atoms with van der Waals surface area (Å²) in [6.45, 7) is 4.33. The zero-order chi connectivity index (χ0) is 12.5. The van der Waals surface area contributed by atoms with Crippen LogP contribution in [0.3, 0.4) is 0 Å². The molecule has 2 aromatic heterocycles. The number of fused-ring (bicyclic) bond motifs is 1. The second-order valence-electron chi connectivity index (χ2n) is 4.89. The van der Waals surface area contributed by atoms with E-state index < -0.39 is 0 Å². The van der Waals surface area contributed by atoms with E-state index in [0.717, 1.165) is 37.4 Å². The summed E-state index contributed by atoms with van der Waals surface area (Å²) in [6, 6.07) is 1.93. The van der Waals surface area contributed by atoms with Gasteiger partial charge in [0.1, 0.15) is 11.6 Å². The van der Waals surface area contributed by atoms with E-state index in [1.807, 2.05) is 12.3 Å². The van der Waals surface area contributed by atoms with E-state index in [-0.39, 0.29) is 0 Å². The quantitative estimate of drug-likeness (QED) is 0.896. The van der Waals surface area contributed by atoms with Crippen molar-refractivity contribution in [1.82, 2.24) is 14.6 Å². The lowest BCUT2D eigenvalue weighted by Crippen LogP contribution is -2.20. The van der Waals surface area contributed by atoms with E-state index in [1.165, 1.54) is 18.4 Å². The maximum atomic E-state index is 6.07. The molecule has 5 heteroatoms. The van der Waals surface area contributed by atoms with Gasteiger partial charge in [-0.25, -0.2) is 4.98 Å². The monoisotopic (exact) mass is 245 g/mol. The third-order valence-electron chi connectivity index (χ3n) is 3.51. The van der Waals surface area contributed by atoms with E-state index in [0.29, 0.717) is 5.82 Å². The molecule has 0 atom stereocenters. The minimum absolute atomic E-state index is 0.671. The van der Waals surface area contributed by atoms with Crippen molar-refractivity contribution in [3.63, 3.8) is 0 Å². The van der Waals surface area contributed by atoms with Crippen LogP contribution in [-0.4, -0.2) is 27.7 Å². The second-order valence-corrected chi connectivity index (χ2v) is 4.89. The topological polar surface area (TPSA) is 59.5 Å². The lowest BCUT2D eigenvalue weighted by atomic mass is 10.2. The largest absolute Gasteiger partial charge is 0.383 e. The van der Waals surface area contributed by atoms with Crippen LogP contribution in [0.1, 0.15) is 31.7 Å². The fourth-order valence-electron chi connectivity index (χ4n) is 2.57. The number of nitrogens with zero attached hydrogens (tertiary/aromatic N) is 4. The van der Waals surface area contributed by atoms with E-state index in [4.69, 9.17) is 10.7 Å². The SMILES string of the molecule is CCCc1cnn2c(N)cc(N3CCCC3)nc12. The van der Waals surface area contributed by atoms with Gasteiger partial charge >= 0.3 is 0 Å². The number of anilines is 2. The predicted octanol–water partition coefficient (Wildman–Crippen LogP) is 1.86. The Morgan fingerprint density at radius 1 is 1.33 bits per heavy atom. The summed E-state index contributed by atoms with van der Waals surface area (Å²) >= 11 is 0. The third-order valence-corrected chi connectivity index (χ3v) is 3.51. The second kappa shape index (κ2) is 4.48. The van der Waals surface area contributed by atoms with Crippen LogP contribution in [0.2, 0.25) is 0 Å². The molecule has 1 aliphatic rings. The molecule has 1 saturated heterocycles. The molecular formula is C13H19N5. The van der Waals surface area contributed by atoms with Gasteiger partial charge < -0.3 is 10.6 Å². The average molecular weight is 245 g/mol. The van der Waals surface area contributed by atoms with Crippen molar-refractivity contribution in [2.45, 2.75) is 32.6 Å². The number of aromatic nitrogens is 3. The van der Waals surface area contributed by atoms with Crippen molar-refractivity contribution in [2.75, 3.05) is 23.7 Å². The van der Waals surface area contributed by atoms with Gasteiger partial charge in [0.15, 0.2) is 5.65 Å². The molecule has 2 N–H and O–H groups in total. The van der Waals surface area contributed by atoms with Crippen molar-refractivity contribution < 1.29 is 0 Å². The van der Waals surface area contributed by atoms with Gasteiger partial charge in [-0.05, 0) is 19.3 Å². The van der Waals surface area contributed by atoms with Gasteiger partial charge in [-0.3, -0.25) is 0 Å². The van der Waals surface area contributed by atoms with Gasteiger partial charge in [0.05, 0.1) is 6.20 Å². The maximum Gasteiger partial charge on any atom is 0.162 e. The molecule has 1 aliphatic heterocycles. The summed E-state index contributed by atoms with van der Waals surface area (Å²) in [5.74, 6) is 1.67. The fourth-order valence-corrected chi connectivity index (χ4v) is 2.57. The first-order valence-corrected chi connectivity index (χ1v) is 6.67. The molecule has 0 spiro atoms. The van der Waals surface area contributed by atoms with E-state index in [1.54, 1.807) is 4.52 Å². The highest BCUT2D eigenvalue weighted by molar-refractivity contribution is 5.59. The van der Waals surface area contributed by atoms with Crippen molar-refractivity contribution in [3.8, 4) is 0 Å². The predicted molar refractivity (Wildman–Crippen MR) is 72.8 cm³/mol. The molecule has 0 radical (unpaired) electrons. The molecule has 0 unspecified atom stereocenters. The Labute approximate surface area is 107 Å². The lowest BCUT2D eigenvalue weighted by molar-refractivity contribution is 0.901. The minimum atomic E-state index is 0.671. The number of aryl methyl sites for hydroxylation is 1. The Bertz CT molecular complexity index is 554. The molecule has 96 valence electrons. The highest BCUT2D eigenvalue weighted by Crippen LogP contribution is 2.23. The average Bonchev–Trinajstić information content (AvgIpc) is 2.99. The Morgan fingerprint density at radius 3 is 2.83 bits per heavy atom. The normalized spacial score (nSPS) is 15.7. The highest BCUT2D eigenvalue weighted by atomic mass is 15.3. The number of rotatable bonds is 3. The van der Waals surface area contributed by atoms with Crippen LogP contribution in [-0.2, 0) is 6.42 Å². The molecule has 18 heavy (non-hydrogen) atoms. The maximum absolute atomic E-state index is 6.07. The van der Waals surface area contributed by atoms with Crippen LogP contribution in [0.15, 0.2) is 12.3 Å². The lowest BCUT2D eigenvalue weighted by Gasteiger charge is -2.17.